The Morgan fingerprint density at radius 3 is 2.72 bits per heavy atom. The molecule has 1 fully saturated rings. The fourth-order valence-corrected chi connectivity index (χ4v) is 3.26. The number of rotatable bonds is 3. The van der Waals surface area contributed by atoms with E-state index < -0.39 is 0 Å². The second kappa shape index (κ2) is 3.82. The molecule has 0 saturated heterocycles. The number of aromatic nitrogens is 1. The summed E-state index contributed by atoms with van der Waals surface area (Å²) in [5, 5.41) is 4.37. The van der Waals surface area contributed by atoms with Crippen LogP contribution in [-0.4, -0.2) is 18.2 Å². The molecule has 3 heteroatoms. The van der Waals surface area contributed by atoms with Crippen LogP contribution in [0.2, 0.25) is 0 Å². The molecule has 1 aliphatic rings. The Labute approximate surface area is 107 Å². The van der Waals surface area contributed by atoms with E-state index in [4.69, 9.17) is 0 Å². The highest BCUT2D eigenvalue weighted by Gasteiger charge is 2.46. The van der Waals surface area contributed by atoms with Gasteiger partial charge in [-0.15, -0.1) is 0 Å². The van der Waals surface area contributed by atoms with Crippen molar-refractivity contribution < 1.29 is 4.39 Å². The molecule has 0 unspecified atom stereocenters. The van der Waals surface area contributed by atoms with Crippen molar-refractivity contribution in [2.24, 2.45) is 7.05 Å². The molecule has 96 valence electrons. The first-order valence-corrected chi connectivity index (χ1v) is 6.49. The van der Waals surface area contributed by atoms with Crippen molar-refractivity contribution in [2.75, 3.05) is 13.6 Å². The Morgan fingerprint density at radius 1 is 1.39 bits per heavy atom. The van der Waals surface area contributed by atoms with Crippen LogP contribution in [0.1, 0.15) is 24.1 Å². The van der Waals surface area contributed by atoms with Gasteiger partial charge in [-0.1, -0.05) is 12.1 Å². The van der Waals surface area contributed by atoms with Gasteiger partial charge in [0, 0.05) is 30.1 Å². The number of benzene rings is 1. The molecule has 1 N–H and O–H groups in total. The van der Waals surface area contributed by atoms with Crippen LogP contribution in [0.5, 0.6) is 0 Å². The van der Waals surface area contributed by atoms with E-state index >= 15 is 0 Å². The van der Waals surface area contributed by atoms with Gasteiger partial charge in [0.05, 0.1) is 5.52 Å². The van der Waals surface area contributed by atoms with Crippen molar-refractivity contribution >= 4 is 10.9 Å². The zero-order chi connectivity index (χ0) is 12.9. The van der Waals surface area contributed by atoms with Crippen LogP contribution >= 0.6 is 0 Å². The Morgan fingerprint density at radius 2 is 2.11 bits per heavy atom. The SMILES string of the molecule is CNCC1(c2c(C)n(C)c3c(F)cccc23)CC1. The summed E-state index contributed by atoms with van der Waals surface area (Å²) in [6, 6.07) is 5.41. The number of hydrogen-bond donors (Lipinski definition) is 1. The lowest BCUT2D eigenvalue weighted by atomic mass is 9.93. The molecular weight excluding hydrogens is 227 g/mol. The molecule has 0 amide bonds. The summed E-state index contributed by atoms with van der Waals surface area (Å²) in [7, 11) is 3.95. The highest BCUT2D eigenvalue weighted by Crippen LogP contribution is 2.51. The fraction of sp³-hybridized carbons (Fsp3) is 0.467. The van der Waals surface area contributed by atoms with Crippen LogP contribution in [0.25, 0.3) is 10.9 Å². The molecule has 0 spiro atoms. The first kappa shape index (κ1) is 11.7. The van der Waals surface area contributed by atoms with Crippen LogP contribution in [0.3, 0.4) is 0 Å². The third kappa shape index (κ3) is 1.43. The predicted molar refractivity (Wildman–Crippen MR) is 72.5 cm³/mol. The van der Waals surface area contributed by atoms with E-state index in [9.17, 15) is 4.39 Å². The van der Waals surface area contributed by atoms with Crippen LogP contribution in [0.4, 0.5) is 4.39 Å². The van der Waals surface area contributed by atoms with Gasteiger partial charge >= 0.3 is 0 Å². The normalized spacial score (nSPS) is 17.3. The summed E-state index contributed by atoms with van der Waals surface area (Å²) in [6.07, 6.45) is 2.40. The van der Waals surface area contributed by atoms with E-state index in [0.29, 0.717) is 0 Å². The van der Waals surface area contributed by atoms with Gasteiger partial charge in [0.1, 0.15) is 5.82 Å². The molecule has 3 rings (SSSR count). The third-order valence-electron chi connectivity index (χ3n) is 4.36. The maximum Gasteiger partial charge on any atom is 0.147 e. The van der Waals surface area contributed by atoms with Crippen molar-refractivity contribution in [1.29, 1.82) is 0 Å². The Kier molecular flexibility index (Phi) is 2.49. The largest absolute Gasteiger partial charge is 0.345 e. The molecule has 1 heterocycles. The molecule has 0 aliphatic heterocycles. The average Bonchev–Trinajstić information content (AvgIpc) is 3.04. The summed E-state index contributed by atoms with van der Waals surface area (Å²) in [5.41, 5.74) is 3.51. The number of halogens is 1. The first-order valence-electron chi connectivity index (χ1n) is 6.49. The highest BCUT2D eigenvalue weighted by atomic mass is 19.1. The monoisotopic (exact) mass is 246 g/mol. The Hall–Kier alpha value is -1.35. The van der Waals surface area contributed by atoms with E-state index in [-0.39, 0.29) is 11.2 Å². The Bertz CT molecular complexity index is 608. The summed E-state index contributed by atoms with van der Waals surface area (Å²) in [5.74, 6) is -0.121. The maximum absolute atomic E-state index is 14.0. The van der Waals surface area contributed by atoms with E-state index in [0.717, 1.165) is 17.4 Å². The maximum atomic E-state index is 14.0. The number of hydrogen-bond acceptors (Lipinski definition) is 1. The second-order valence-electron chi connectivity index (χ2n) is 5.47. The smallest absolute Gasteiger partial charge is 0.147 e. The number of aryl methyl sites for hydroxylation is 1. The summed E-state index contributed by atoms with van der Waals surface area (Å²) in [4.78, 5) is 0. The molecule has 18 heavy (non-hydrogen) atoms. The Balaban J connectivity index is 2.30. The lowest BCUT2D eigenvalue weighted by Gasteiger charge is -2.15. The molecule has 0 atom stereocenters. The van der Waals surface area contributed by atoms with E-state index in [1.165, 1.54) is 24.1 Å². The predicted octanol–water partition coefficient (Wildman–Crippen LogP) is 2.88. The minimum absolute atomic E-state index is 0.121. The van der Waals surface area contributed by atoms with E-state index in [1.54, 1.807) is 6.07 Å². The van der Waals surface area contributed by atoms with Crippen molar-refractivity contribution in [3.8, 4) is 0 Å². The summed E-state index contributed by atoms with van der Waals surface area (Å²) < 4.78 is 16.0. The van der Waals surface area contributed by atoms with Gasteiger partial charge in [-0.3, -0.25) is 0 Å². The highest BCUT2D eigenvalue weighted by molar-refractivity contribution is 5.87. The number of nitrogens with zero attached hydrogens (tertiary/aromatic N) is 1. The minimum atomic E-state index is -0.121. The fourth-order valence-electron chi connectivity index (χ4n) is 3.26. The molecule has 1 aliphatic carbocycles. The quantitative estimate of drug-likeness (QED) is 0.881. The van der Waals surface area contributed by atoms with E-state index in [2.05, 4.69) is 18.3 Å². The molecule has 1 aromatic heterocycles. The first-order chi connectivity index (χ1) is 8.60. The van der Waals surface area contributed by atoms with Gasteiger partial charge in [-0.25, -0.2) is 4.39 Å². The molecule has 0 bridgehead atoms. The summed E-state index contributed by atoms with van der Waals surface area (Å²) in [6.45, 7) is 3.08. The third-order valence-corrected chi connectivity index (χ3v) is 4.36. The molecule has 1 aromatic carbocycles. The van der Waals surface area contributed by atoms with Gasteiger partial charge in [0.15, 0.2) is 0 Å². The molecule has 1 saturated carbocycles. The number of para-hydroxylation sites is 1. The molecule has 0 radical (unpaired) electrons. The lowest BCUT2D eigenvalue weighted by molar-refractivity contribution is 0.620. The standard InChI is InChI=1S/C15H19FN2/c1-10-13(15(7-8-15)9-17-2)11-5-4-6-12(16)14(11)18(10)3/h4-6,17H,7-9H2,1-3H3. The van der Waals surface area contributed by atoms with Gasteiger partial charge in [-0.05, 0) is 38.4 Å². The second-order valence-corrected chi connectivity index (χ2v) is 5.47. The number of fused-ring (bicyclic) bond motifs is 1. The van der Waals surface area contributed by atoms with Gasteiger partial charge in [0.25, 0.3) is 0 Å². The molecular formula is C15H19FN2. The van der Waals surface area contributed by atoms with Crippen molar-refractivity contribution in [3.63, 3.8) is 0 Å². The molecule has 2 aromatic rings. The van der Waals surface area contributed by atoms with Crippen molar-refractivity contribution in [2.45, 2.75) is 25.2 Å². The van der Waals surface area contributed by atoms with Crippen molar-refractivity contribution in [3.05, 3.63) is 35.3 Å². The van der Waals surface area contributed by atoms with Gasteiger partial charge in [0.2, 0.25) is 0 Å². The van der Waals surface area contributed by atoms with Gasteiger partial charge in [-0.2, -0.15) is 0 Å². The number of likely N-dealkylation sites (N-methyl/N-ethyl adjacent to an activating group) is 1. The topological polar surface area (TPSA) is 17.0 Å². The zero-order valence-electron chi connectivity index (χ0n) is 11.2. The minimum Gasteiger partial charge on any atom is -0.345 e. The lowest BCUT2D eigenvalue weighted by Crippen LogP contribution is -2.24. The summed E-state index contributed by atoms with van der Waals surface area (Å²) >= 11 is 0. The van der Waals surface area contributed by atoms with Crippen LogP contribution in [0.15, 0.2) is 18.2 Å². The van der Waals surface area contributed by atoms with Crippen molar-refractivity contribution in [1.82, 2.24) is 9.88 Å². The van der Waals surface area contributed by atoms with E-state index in [1.807, 2.05) is 24.7 Å². The number of nitrogens with one attached hydrogen (secondary N) is 1. The zero-order valence-corrected chi connectivity index (χ0v) is 11.2. The average molecular weight is 246 g/mol. The van der Waals surface area contributed by atoms with Gasteiger partial charge < -0.3 is 9.88 Å². The van der Waals surface area contributed by atoms with Crippen LogP contribution < -0.4 is 5.32 Å². The van der Waals surface area contributed by atoms with Crippen LogP contribution in [0, 0.1) is 12.7 Å². The molecule has 2 nitrogen and oxygen atoms in total. The van der Waals surface area contributed by atoms with Crippen LogP contribution in [-0.2, 0) is 12.5 Å².